The molecule has 2 saturated carbocycles. The molecule has 0 unspecified atom stereocenters. The number of carbonyl (C=O) groups is 3. The zero-order chi connectivity index (χ0) is 23.2. The van der Waals surface area contributed by atoms with E-state index in [1.54, 1.807) is 28.0 Å². The number of phenols is 1. The monoisotopic (exact) mass is 449 g/mol. The van der Waals surface area contributed by atoms with E-state index in [1.807, 2.05) is 24.3 Å². The van der Waals surface area contributed by atoms with Gasteiger partial charge in [-0.2, -0.15) is 0 Å². The zero-order valence-electron chi connectivity index (χ0n) is 18.3. The minimum Gasteiger partial charge on any atom is -0.507 e. The predicted octanol–water partition coefficient (Wildman–Crippen LogP) is 2.22. The number of hydrogen-bond acceptors (Lipinski definition) is 5. The molecule has 8 heteroatoms. The van der Waals surface area contributed by atoms with Crippen LogP contribution in [0.3, 0.4) is 0 Å². The van der Waals surface area contributed by atoms with Crippen molar-refractivity contribution in [3.05, 3.63) is 48.0 Å². The maximum atomic E-state index is 13.0. The number of hydrogen-bond donors (Lipinski definition) is 3. The lowest BCUT2D eigenvalue weighted by Crippen LogP contribution is -2.53. The largest absolute Gasteiger partial charge is 0.507 e. The van der Waals surface area contributed by atoms with Gasteiger partial charge >= 0.3 is 0 Å². The van der Waals surface area contributed by atoms with Gasteiger partial charge in [-0.1, -0.05) is 18.2 Å². The molecular formula is C25H27N3O5. The van der Waals surface area contributed by atoms with Crippen molar-refractivity contribution in [3.63, 3.8) is 0 Å². The Balaban J connectivity index is 1.25. The fourth-order valence-electron chi connectivity index (χ4n) is 4.17. The molecule has 0 aromatic heterocycles. The smallest absolute Gasteiger partial charge is 0.257 e. The Hall–Kier alpha value is -3.39. The normalized spacial score (nSPS) is 19.2. The summed E-state index contributed by atoms with van der Waals surface area (Å²) in [5.74, 6) is -0.514. The Kier molecular flexibility index (Phi) is 5.32. The number of nitrogens with zero attached hydrogens (tertiary/aromatic N) is 2. The topological polar surface area (TPSA) is 110 Å². The summed E-state index contributed by atoms with van der Waals surface area (Å²) in [6, 6.07) is 12.3. The fourth-order valence-corrected chi connectivity index (χ4v) is 4.17. The minimum atomic E-state index is -1.20. The second-order valence-corrected chi connectivity index (χ2v) is 9.19. The molecule has 3 amide bonds. The average Bonchev–Trinajstić information content (AvgIpc) is 3.75. The highest BCUT2D eigenvalue weighted by molar-refractivity contribution is 5.98. The van der Waals surface area contributed by atoms with Crippen LogP contribution in [-0.2, 0) is 9.59 Å². The number of anilines is 1. The molecule has 5 rings (SSSR count). The number of nitrogens with one attached hydrogen (secondary N) is 1. The third-order valence-electron chi connectivity index (χ3n) is 6.62. The first-order valence-corrected chi connectivity index (χ1v) is 11.4. The molecule has 1 saturated heterocycles. The number of amides is 3. The summed E-state index contributed by atoms with van der Waals surface area (Å²) in [7, 11) is 0. The Bertz CT molecular complexity index is 1110. The van der Waals surface area contributed by atoms with E-state index in [4.69, 9.17) is 0 Å². The highest BCUT2D eigenvalue weighted by atomic mass is 16.3. The summed E-state index contributed by atoms with van der Waals surface area (Å²) in [5, 5.41) is 23.5. The van der Waals surface area contributed by atoms with Crippen LogP contribution in [0.15, 0.2) is 42.5 Å². The third kappa shape index (κ3) is 4.43. The van der Waals surface area contributed by atoms with Gasteiger partial charge in [0.25, 0.3) is 11.8 Å². The van der Waals surface area contributed by atoms with Gasteiger partial charge in [0, 0.05) is 37.8 Å². The van der Waals surface area contributed by atoms with Crippen molar-refractivity contribution >= 4 is 23.4 Å². The number of rotatable bonds is 5. The average molecular weight is 450 g/mol. The quantitative estimate of drug-likeness (QED) is 0.648. The Labute approximate surface area is 191 Å². The van der Waals surface area contributed by atoms with Crippen LogP contribution < -0.4 is 5.32 Å². The van der Waals surface area contributed by atoms with Gasteiger partial charge in [0.1, 0.15) is 11.4 Å². The van der Waals surface area contributed by atoms with Crippen molar-refractivity contribution < 1.29 is 24.6 Å². The lowest BCUT2D eigenvalue weighted by atomic mass is 10.0. The highest BCUT2D eigenvalue weighted by Gasteiger charge is 2.50. The van der Waals surface area contributed by atoms with E-state index >= 15 is 0 Å². The molecule has 3 N–H and O–H groups in total. The second kappa shape index (κ2) is 8.19. The van der Waals surface area contributed by atoms with Gasteiger partial charge < -0.3 is 25.3 Å². The highest BCUT2D eigenvalue weighted by Crippen LogP contribution is 2.37. The Morgan fingerprint density at radius 1 is 0.909 bits per heavy atom. The molecule has 172 valence electrons. The maximum Gasteiger partial charge on any atom is 0.257 e. The van der Waals surface area contributed by atoms with Crippen molar-refractivity contribution in [1.82, 2.24) is 9.80 Å². The molecule has 8 nitrogen and oxygen atoms in total. The van der Waals surface area contributed by atoms with Crippen molar-refractivity contribution in [1.29, 1.82) is 0 Å². The first-order valence-electron chi connectivity index (χ1n) is 11.4. The van der Waals surface area contributed by atoms with Crippen LogP contribution in [0, 0.1) is 5.92 Å². The number of aliphatic hydroxyl groups is 1. The van der Waals surface area contributed by atoms with E-state index in [-0.39, 0.29) is 35.0 Å². The minimum absolute atomic E-state index is 0.0315. The number of benzene rings is 2. The molecule has 3 fully saturated rings. The summed E-state index contributed by atoms with van der Waals surface area (Å²) in [6.45, 7) is 1.44. The van der Waals surface area contributed by atoms with Gasteiger partial charge in [-0.25, -0.2) is 0 Å². The molecule has 33 heavy (non-hydrogen) atoms. The Morgan fingerprint density at radius 2 is 1.58 bits per heavy atom. The van der Waals surface area contributed by atoms with Crippen molar-refractivity contribution in [3.8, 4) is 16.9 Å². The van der Waals surface area contributed by atoms with Crippen LogP contribution in [-0.4, -0.2) is 69.5 Å². The first kappa shape index (κ1) is 21.5. The molecule has 1 heterocycles. The van der Waals surface area contributed by atoms with Gasteiger partial charge in [0.05, 0.1) is 5.56 Å². The van der Waals surface area contributed by atoms with Crippen molar-refractivity contribution in [2.75, 3.05) is 31.5 Å². The van der Waals surface area contributed by atoms with Gasteiger partial charge in [-0.05, 0) is 61.1 Å². The number of phenolic OH excluding ortho intramolecular Hbond substituents is 1. The maximum absolute atomic E-state index is 13.0. The molecule has 2 aromatic rings. The number of aromatic hydroxyl groups is 1. The van der Waals surface area contributed by atoms with Gasteiger partial charge in [0.2, 0.25) is 5.91 Å². The molecule has 2 aromatic carbocycles. The van der Waals surface area contributed by atoms with Crippen LogP contribution >= 0.6 is 0 Å². The van der Waals surface area contributed by atoms with Gasteiger partial charge in [-0.15, -0.1) is 0 Å². The summed E-state index contributed by atoms with van der Waals surface area (Å²) >= 11 is 0. The second-order valence-electron chi connectivity index (χ2n) is 9.19. The van der Waals surface area contributed by atoms with Crippen molar-refractivity contribution in [2.24, 2.45) is 5.92 Å². The lowest BCUT2D eigenvalue weighted by molar-refractivity contribution is -0.143. The van der Waals surface area contributed by atoms with E-state index < -0.39 is 5.60 Å². The number of piperazine rings is 1. The fraction of sp³-hybridized carbons (Fsp3) is 0.400. The van der Waals surface area contributed by atoms with Crippen LogP contribution in [0.2, 0.25) is 0 Å². The summed E-state index contributed by atoms with van der Waals surface area (Å²) in [6.07, 6.45) is 2.87. The van der Waals surface area contributed by atoms with Gasteiger partial charge in [0.15, 0.2) is 0 Å². The van der Waals surface area contributed by atoms with E-state index in [0.29, 0.717) is 44.7 Å². The molecular weight excluding hydrogens is 422 g/mol. The SMILES string of the molecule is O=C(Nc1cccc(-c2ccc(C(=O)N3CCN(C(=O)C4(O)CC4)CC3)c(O)c2)c1)C1CC1. The Morgan fingerprint density at radius 3 is 2.21 bits per heavy atom. The van der Waals surface area contributed by atoms with Crippen LogP contribution in [0.4, 0.5) is 5.69 Å². The predicted molar refractivity (Wildman–Crippen MR) is 122 cm³/mol. The molecule has 0 radical (unpaired) electrons. The zero-order valence-corrected chi connectivity index (χ0v) is 18.3. The first-order chi connectivity index (χ1) is 15.8. The van der Waals surface area contributed by atoms with Crippen LogP contribution in [0.1, 0.15) is 36.0 Å². The molecule has 0 spiro atoms. The van der Waals surface area contributed by atoms with E-state index in [0.717, 1.165) is 24.0 Å². The molecule has 3 aliphatic rings. The van der Waals surface area contributed by atoms with E-state index in [2.05, 4.69) is 5.32 Å². The molecule has 2 aliphatic carbocycles. The standard InChI is InChI=1S/C25H27N3O5/c29-21-15-18(17-2-1-3-19(14-17)26-22(30)16-4-5-16)6-7-20(21)23(31)27-10-12-28(13-11-27)24(32)25(33)8-9-25/h1-3,6-7,14-16,29,33H,4-5,8-13H2,(H,26,30). The molecule has 0 bridgehead atoms. The van der Waals surface area contributed by atoms with Crippen LogP contribution in [0.25, 0.3) is 11.1 Å². The van der Waals surface area contributed by atoms with Crippen LogP contribution in [0.5, 0.6) is 5.75 Å². The number of carbonyl (C=O) groups excluding carboxylic acids is 3. The summed E-state index contributed by atoms with van der Waals surface area (Å²) < 4.78 is 0. The lowest BCUT2D eigenvalue weighted by Gasteiger charge is -2.35. The molecule has 1 aliphatic heterocycles. The van der Waals surface area contributed by atoms with E-state index in [9.17, 15) is 24.6 Å². The summed E-state index contributed by atoms with van der Waals surface area (Å²) in [5.41, 5.74) is 1.27. The third-order valence-corrected chi connectivity index (χ3v) is 6.62. The van der Waals surface area contributed by atoms with Gasteiger partial charge in [-0.3, -0.25) is 14.4 Å². The van der Waals surface area contributed by atoms with Crippen molar-refractivity contribution in [2.45, 2.75) is 31.3 Å². The van der Waals surface area contributed by atoms with E-state index in [1.165, 1.54) is 0 Å². The summed E-state index contributed by atoms with van der Waals surface area (Å²) in [4.78, 5) is 40.5. The molecule has 0 atom stereocenters.